The number of amides is 1. The van der Waals surface area contributed by atoms with Crippen molar-refractivity contribution in [1.82, 2.24) is 9.88 Å². The number of aromatic nitrogens is 1. The summed E-state index contributed by atoms with van der Waals surface area (Å²) >= 11 is 3.02. The minimum Gasteiger partial charge on any atom is -0.298 e. The third-order valence-electron chi connectivity index (χ3n) is 3.68. The van der Waals surface area contributed by atoms with Crippen LogP contribution in [-0.2, 0) is 6.54 Å². The molecular formula is C15H19N3OS2. The number of rotatable bonds is 4. The van der Waals surface area contributed by atoms with Crippen LogP contribution in [0, 0.1) is 5.92 Å². The fourth-order valence-electron chi connectivity index (χ4n) is 2.66. The summed E-state index contributed by atoms with van der Waals surface area (Å²) in [5.41, 5.74) is 1.75. The van der Waals surface area contributed by atoms with Gasteiger partial charge < -0.3 is 0 Å². The predicted molar refractivity (Wildman–Crippen MR) is 88.1 cm³/mol. The van der Waals surface area contributed by atoms with E-state index in [9.17, 15) is 4.79 Å². The topological polar surface area (TPSA) is 45.2 Å². The zero-order valence-corrected chi connectivity index (χ0v) is 13.7. The molecule has 1 aliphatic rings. The van der Waals surface area contributed by atoms with Gasteiger partial charge in [0.1, 0.15) is 0 Å². The number of likely N-dealkylation sites (tertiary alicyclic amines) is 1. The maximum absolute atomic E-state index is 12.0. The number of anilines is 1. The SMILES string of the molecule is CC1CCCN(Cc2csc(NC(=O)c3ccsc3)n2)C1. The van der Waals surface area contributed by atoms with Crippen molar-refractivity contribution in [2.24, 2.45) is 5.92 Å². The molecule has 0 aliphatic carbocycles. The Morgan fingerprint density at radius 3 is 3.19 bits per heavy atom. The third kappa shape index (κ3) is 3.90. The monoisotopic (exact) mass is 321 g/mol. The molecule has 3 heterocycles. The number of nitrogens with zero attached hydrogens (tertiary/aromatic N) is 2. The number of hydrogen-bond acceptors (Lipinski definition) is 5. The molecule has 21 heavy (non-hydrogen) atoms. The van der Waals surface area contributed by atoms with Crippen LogP contribution in [0.5, 0.6) is 0 Å². The minimum atomic E-state index is -0.0799. The Morgan fingerprint density at radius 1 is 1.52 bits per heavy atom. The van der Waals surface area contributed by atoms with E-state index in [-0.39, 0.29) is 5.91 Å². The number of thiophene rings is 1. The second-order valence-corrected chi connectivity index (χ2v) is 7.23. The van der Waals surface area contributed by atoms with E-state index in [0.29, 0.717) is 10.7 Å². The van der Waals surface area contributed by atoms with Crippen molar-refractivity contribution in [1.29, 1.82) is 0 Å². The highest BCUT2D eigenvalue weighted by Gasteiger charge is 2.17. The lowest BCUT2D eigenvalue weighted by Gasteiger charge is -2.30. The van der Waals surface area contributed by atoms with Crippen LogP contribution < -0.4 is 5.32 Å². The molecule has 2 aromatic heterocycles. The molecule has 1 amide bonds. The first kappa shape index (κ1) is 14.7. The highest BCUT2D eigenvalue weighted by atomic mass is 32.1. The second-order valence-electron chi connectivity index (χ2n) is 5.59. The van der Waals surface area contributed by atoms with Crippen LogP contribution in [0.2, 0.25) is 0 Å². The first-order chi connectivity index (χ1) is 10.2. The number of hydrogen-bond donors (Lipinski definition) is 1. The maximum Gasteiger partial charge on any atom is 0.258 e. The predicted octanol–water partition coefficient (Wildman–Crippen LogP) is 3.69. The van der Waals surface area contributed by atoms with E-state index in [1.165, 1.54) is 35.5 Å². The van der Waals surface area contributed by atoms with Gasteiger partial charge in [-0.05, 0) is 36.8 Å². The number of nitrogens with one attached hydrogen (secondary N) is 1. The minimum absolute atomic E-state index is 0.0799. The average Bonchev–Trinajstić information content (AvgIpc) is 3.10. The summed E-state index contributed by atoms with van der Waals surface area (Å²) in [4.78, 5) is 18.9. The summed E-state index contributed by atoms with van der Waals surface area (Å²) in [6.45, 7) is 5.49. The first-order valence-corrected chi connectivity index (χ1v) is 9.03. The smallest absolute Gasteiger partial charge is 0.258 e. The van der Waals surface area contributed by atoms with Crippen LogP contribution in [-0.4, -0.2) is 28.9 Å². The molecule has 1 N–H and O–H groups in total. The summed E-state index contributed by atoms with van der Waals surface area (Å²) in [5, 5.41) is 9.35. The number of carbonyl (C=O) groups is 1. The van der Waals surface area contributed by atoms with Gasteiger partial charge in [0.2, 0.25) is 0 Å². The van der Waals surface area contributed by atoms with Crippen LogP contribution in [0.4, 0.5) is 5.13 Å². The van der Waals surface area contributed by atoms with Gasteiger partial charge in [0.05, 0.1) is 11.3 Å². The molecule has 112 valence electrons. The Balaban J connectivity index is 1.57. The van der Waals surface area contributed by atoms with E-state index >= 15 is 0 Å². The molecule has 1 fully saturated rings. The van der Waals surface area contributed by atoms with Crippen molar-refractivity contribution in [3.8, 4) is 0 Å². The van der Waals surface area contributed by atoms with Gasteiger partial charge in [-0.2, -0.15) is 11.3 Å². The number of carbonyl (C=O) groups excluding carboxylic acids is 1. The molecule has 1 atom stereocenters. The molecule has 1 unspecified atom stereocenters. The van der Waals surface area contributed by atoms with Gasteiger partial charge in [0.25, 0.3) is 5.91 Å². The van der Waals surface area contributed by atoms with E-state index < -0.39 is 0 Å². The molecule has 1 aliphatic heterocycles. The van der Waals surface area contributed by atoms with Gasteiger partial charge in [0, 0.05) is 23.8 Å². The van der Waals surface area contributed by atoms with Crippen molar-refractivity contribution >= 4 is 33.7 Å². The number of thiazole rings is 1. The lowest BCUT2D eigenvalue weighted by molar-refractivity contribution is 0.102. The first-order valence-electron chi connectivity index (χ1n) is 7.21. The molecule has 2 aromatic rings. The molecule has 0 bridgehead atoms. The van der Waals surface area contributed by atoms with E-state index in [2.05, 4.69) is 22.1 Å². The van der Waals surface area contributed by atoms with Crippen LogP contribution in [0.3, 0.4) is 0 Å². The molecular weight excluding hydrogens is 302 g/mol. The fraction of sp³-hybridized carbons (Fsp3) is 0.467. The van der Waals surface area contributed by atoms with Gasteiger partial charge >= 0.3 is 0 Å². The Morgan fingerprint density at radius 2 is 2.43 bits per heavy atom. The molecule has 4 nitrogen and oxygen atoms in total. The molecule has 0 spiro atoms. The van der Waals surface area contributed by atoms with Gasteiger partial charge in [-0.15, -0.1) is 11.3 Å². The van der Waals surface area contributed by atoms with Gasteiger partial charge in [-0.3, -0.25) is 15.0 Å². The maximum atomic E-state index is 12.0. The van der Waals surface area contributed by atoms with Crippen LogP contribution in [0.1, 0.15) is 35.8 Å². The summed E-state index contributed by atoms with van der Waals surface area (Å²) < 4.78 is 0. The molecule has 0 saturated carbocycles. The lowest BCUT2D eigenvalue weighted by Crippen LogP contribution is -2.33. The van der Waals surface area contributed by atoms with Crippen LogP contribution in [0.15, 0.2) is 22.2 Å². The third-order valence-corrected chi connectivity index (χ3v) is 5.17. The van der Waals surface area contributed by atoms with E-state index in [1.807, 2.05) is 22.2 Å². The Bertz CT molecular complexity index is 594. The Labute approximate surface area is 132 Å². The van der Waals surface area contributed by atoms with Crippen molar-refractivity contribution < 1.29 is 4.79 Å². The largest absolute Gasteiger partial charge is 0.298 e. The average molecular weight is 321 g/mol. The van der Waals surface area contributed by atoms with E-state index in [1.54, 1.807) is 0 Å². The molecule has 1 saturated heterocycles. The van der Waals surface area contributed by atoms with Crippen molar-refractivity contribution in [2.75, 3.05) is 18.4 Å². The molecule has 0 radical (unpaired) electrons. The van der Waals surface area contributed by atoms with Crippen molar-refractivity contribution in [2.45, 2.75) is 26.3 Å². The Kier molecular flexibility index (Phi) is 4.67. The van der Waals surface area contributed by atoms with Gasteiger partial charge in [0.15, 0.2) is 5.13 Å². The number of piperidine rings is 1. The quantitative estimate of drug-likeness (QED) is 0.934. The van der Waals surface area contributed by atoms with Gasteiger partial charge in [-0.1, -0.05) is 6.92 Å². The van der Waals surface area contributed by atoms with Crippen molar-refractivity contribution in [3.63, 3.8) is 0 Å². The fourth-order valence-corrected chi connectivity index (χ4v) is 3.99. The highest BCUT2D eigenvalue weighted by molar-refractivity contribution is 7.14. The summed E-state index contributed by atoms with van der Waals surface area (Å²) in [6, 6.07) is 1.82. The molecule has 3 rings (SSSR count). The zero-order valence-electron chi connectivity index (χ0n) is 12.0. The summed E-state index contributed by atoms with van der Waals surface area (Å²) in [6.07, 6.45) is 2.60. The summed E-state index contributed by atoms with van der Waals surface area (Å²) in [7, 11) is 0. The van der Waals surface area contributed by atoms with E-state index in [4.69, 9.17) is 0 Å². The van der Waals surface area contributed by atoms with Crippen LogP contribution in [0.25, 0.3) is 0 Å². The zero-order chi connectivity index (χ0) is 14.7. The van der Waals surface area contributed by atoms with E-state index in [0.717, 1.165) is 31.2 Å². The highest BCUT2D eigenvalue weighted by Crippen LogP contribution is 2.21. The van der Waals surface area contributed by atoms with Crippen molar-refractivity contribution in [3.05, 3.63) is 33.5 Å². The van der Waals surface area contributed by atoms with Crippen LogP contribution >= 0.6 is 22.7 Å². The molecule has 0 aromatic carbocycles. The standard InChI is InChI=1S/C15H19N3OS2/c1-11-3-2-5-18(7-11)8-13-10-21-15(16-13)17-14(19)12-4-6-20-9-12/h4,6,9-11H,2-3,5,7-8H2,1H3,(H,16,17,19). The Hall–Kier alpha value is -1.24. The summed E-state index contributed by atoms with van der Waals surface area (Å²) in [5.74, 6) is 0.693. The van der Waals surface area contributed by atoms with Gasteiger partial charge in [-0.25, -0.2) is 4.98 Å². The second kappa shape index (κ2) is 6.68. The molecule has 6 heteroatoms. The lowest BCUT2D eigenvalue weighted by atomic mass is 10.0. The normalized spacial score (nSPS) is 19.6.